The molecule has 152 valence electrons. The van der Waals surface area contributed by atoms with Crippen molar-refractivity contribution in [3.05, 3.63) is 67.9 Å². The van der Waals surface area contributed by atoms with Crippen LogP contribution in [0.3, 0.4) is 0 Å². The summed E-state index contributed by atoms with van der Waals surface area (Å²) >= 11 is 0. The van der Waals surface area contributed by atoms with Gasteiger partial charge in [-0.25, -0.2) is 0 Å². The molecule has 0 fully saturated rings. The molecule has 0 saturated heterocycles. The van der Waals surface area contributed by atoms with Crippen molar-refractivity contribution >= 4 is 16.9 Å². The molecule has 0 bridgehead atoms. The third-order valence-electron chi connectivity index (χ3n) is 5.09. The first-order valence-corrected chi connectivity index (χ1v) is 8.94. The second-order valence-corrected chi connectivity index (χ2v) is 6.79. The first kappa shape index (κ1) is 20.2. The number of hydrogen-bond donors (Lipinski definition) is 2. The topological polar surface area (TPSA) is 111 Å². The highest BCUT2D eigenvalue weighted by molar-refractivity contribution is 5.81. The Labute approximate surface area is 166 Å². The number of esters is 1. The van der Waals surface area contributed by atoms with E-state index in [1.807, 2.05) is 0 Å². The number of benzene rings is 1. The van der Waals surface area contributed by atoms with E-state index >= 15 is 0 Å². The normalized spacial score (nSPS) is 12.0. The zero-order valence-electron chi connectivity index (χ0n) is 16.6. The Morgan fingerprint density at radius 1 is 1.21 bits per heavy atom. The third-order valence-corrected chi connectivity index (χ3v) is 5.09. The molecule has 2 aromatic heterocycles. The fourth-order valence-electron chi connectivity index (χ4n) is 3.36. The molecular formula is C21H22N2O6. The Kier molecular flexibility index (Phi) is 5.45. The molecule has 8 nitrogen and oxygen atoms in total. The zero-order valence-corrected chi connectivity index (χ0v) is 16.6. The molecule has 1 atom stereocenters. The lowest BCUT2D eigenvalue weighted by Gasteiger charge is -2.19. The summed E-state index contributed by atoms with van der Waals surface area (Å²) in [5.74, 6) is -1.28. The molecule has 2 N–H and O–H groups in total. The molecule has 0 amide bonds. The summed E-state index contributed by atoms with van der Waals surface area (Å²) in [7, 11) is 4.31. The summed E-state index contributed by atoms with van der Waals surface area (Å²) < 4.78 is 11.3. The maximum absolute atomic E-state index is 12.9. The van der Waals surface area contributed by atoms with Crippen molar-refractivity contribution in [2.75, 3.05) is 14.2 Å². The predicted molar refractivity (Wildman–Crippen MR) is 108 cm³/mol. The van der Waals surface area contributed by atoms with E-state index in [1.165, 1.54) is 24.9 Å². The van der Waals surface area contributed by atoms with Crippen molar-refractivity contribution in [3.8, 4) is 11.5 Å². The summed E-state index contributed by atoms with van der Waals surface area (Å²) in [4.78, 5) is 40.5. The van der Waals surface area contributed by atoms with E-state index in [1.54, 1.807) is 38.2 Å². The van der Waals surface area contributed by atoms with Crippen LogP contribution in [-0.4, -0.2) is 34.8 Å². The van der Waals surface area contributed by atoms with Gasteiger partial charge in [-0.15, -0.1) is 0 Å². The molecule has 0 aliphatic heterocycles. The van der Waals surface area contributed by atoms with Gasteiger partial charge in [-0.3, -0.25) is 14.4 Å². The molecule has 3 rings (SSSR count). The monoisotopic (exact) mass is 398 g/mol. The highest BCUT2D eigenvalue weighted by Gasteiger charge is 2.28. The van der Waals surface area contributed by atoms with Crippen LogP contribution in [0.2, 0.25) is 0 Å². The van der Waals surface area contributed by atoms with Crippen molar-refractivity contribution in [3.63, 3.8) is 0 Å². The van der Waals surface area contributed by atoms with E-state index in [9.17, 15) is 19.5 Å². The lowest BCUT2D eigenvalue weighted by Crippen LogP contribution is -2.29. The molecule has 0 spiro atoms. The number of ether oxygens (including phenoxy) is 2. The van der Waals surface area contributed by atoms with Crippen molar-refractivity contribution in [1.82, 2.24) is 9.55 Å². The second-order valence-electron chi connectivity index (χ2n) is 6.79. The van der Waals surface area contributed by atoms with Crippen LogP contribution in [0.1, 0.15) is 29.2 Å². The maximum Gasteiger partial charge on any atom is 0.306 e. The summed E-state index contributed by atoms with van der Waals surface area (Å²) in [6, 6.07) is 8.18. The minimum atomic E-state index is -0.985. The van der Waals surface area contributed by atoms with Crippen molar-refractivity contribution in [2.45, 2.75) is 19.3 Å². The van der Waals surface area contributed by atoms with Gasteiger partial charge in [-0.2, -0.15) is 0 Å². The Hall–Kier alpha value is -3.55. The van der Waals surface area contributed by atoms with Crippen LogP contribution in [-0.2, 0) is 16.6 Å². The lowest BCUT2D eigenvalue weighted by atomic mass is 9.88. The molecule has 3 aromatic rings. The molecule has 29 heavy (non-hydrogen) atoms. The minimum Gasteiger partial charge on any atom is -0.507 e. The standard InChI is InChI=1S/C21H22N2O6/c1-11-7-17(24)19(21(27)23(11)2)14(10-18(25)29-4)15-9-12-8-13(28-3)5-6-16(12)22-20(15)26/h5-9,14,24H,10H2,1-4H3,(H,22,26). The first-order valence-electron chi connectivity index (χ1n) is 8.94. The quantitative estimate of drug-likeness (QED) is 0.636. The fourth-order valence-corrected chi connectivity index (χ4v) is 3.36. The molecule has 0 aliphatic rings. The smallest absolute Gasteiger partial charge is 0.306 e. The Bertz CT molecular complexity index is 1210. The molecule has 0 saturated carbocycles. The maximum atomic E-state index is 12.9. The molecular weight excluding hydrogens is 376 g/mol. The van der Waals surface area contributed by atoms with Gasteiger partial charge in [0.1, 0.15) is 11.5 Å². The van der Waals surface area contributed by atoms with E-state index < -0.39 is 23.0 Å². The minimum absolute atomic E-state index is 0.0313. The molecule has 1 aromatic carbocycles. The second kappa shape index (κ2) is 7.83. The number of carbonyl (C=O) groups excluding carboxylic acids is 1. The summed E-state index contributed by atoms with van der Waals surface area (Å²) in [6.45, 7) is 1.68. The Balaban J connectivity index is 2.30. The Morgan fingerprint density at radius 2 is 1.93 bits per heavy atom. The number of aryl methyl sites for hydroxylation is 1. The van der Waals surface area contributed by atoms with Gasteiger partial charge in [0, 0.05) is 35.1 Å². The number of nitrogens with zero attached hydrogens (tertiary/aromatic N) is 1. The summed E-state index contributed by atoms with van der Waals surface area (Å²) in [6.07, 6.45) is -0.277. The molecule has 0 radical (unpaired) electrons. The number of nitrogens with one attached hydrogen (secondary N) is 1. The number of fused-ring (bicyclic) bond motifs is 1. The van der Waals surface area contributed by atoms with E-state index in [-0.39, 0.29) is 23.3 Å². The van der Waals surface area contributed by atoms with Crippen LogP contribution >= 0.6 is 0 Å². The van der Waals surface area contributed by atoms with E-state index in [0.29, 0.717) is 22.3 Å². The zero-order chi connectivity index (χ0) is 21.3. The first-order chi connectivity index (χ1) is 13.8. The van der Waals surface area contributed by atoms with Gasteiger partial charge in [-0.05, 0) is 37.3 Å². The lowest BCUT2D eigenvalue weighted by molar-refractivity contribution is -0.140. The molecule has 1 unspecified atom stereocenters. The number of rotatable bonds is 5. The number of aromatic hydroxyl groups is 1. The number of H-pyrrole nitrogens is 1. The number of aromatic nitrogens is 2. The van der Waals surface area contributed by atoms with Crippen molar-refractivity contribution < 1.29 is 19.4 Å². The third kappa shape index (κ3) is 3.73. The van der Waals surface area contributed by atoms with Crippen molar-refractivity contribution in [1.29, 1.82) is 0 Å². The number of carbonyl (C=O) groups is 1. The van der Waals surface area contributed by atoms with Gasteiger partial charge in [0.15, 0.2) is 0 Å². The largest absolute Gasteiger partial charge is 0.507 e. The predicted octanol–water partition coefficient (Wildman–Crippen LogP) is 1.94. The van der Waals surface area contributed by atoms with Crippen LogP contribution < -0.4 is 15.9 Å². The Morgan fingerprint density at radius 3 is 2.59 bits per heavy atom. The number of aromatic amines is 1. The number of methoxy groups -OCH3 is 2. The molecule has 2 heterocycles. The fraction of sp³-hybridized carbons (Fsp3) is 0.286. The van der Waals surface area contributed by atoms with E-state index in [2.05, 4.69) is 4.98 Å². The average Bonchev–Trinajstić information content (AvgIpc) is 2.70. The molecule has 0 aliphatic carbocycles. The molecule has 8 heteroatoms. The van der Waals surface area contributed by atoms with Gasteiger partial charge in [-0.1, -0.05) is 0 Å². The van der Waals surface area contributed by atoms with Crippen LogP contribution in [0.15, 0.2) is 39.9 Å². The SMILES string of the molecule is COC(=O)CC(c1cc2cc(OC)ccc2[nH]c1=O)c1c(O)cc(C)n(C)c1=O. The van der Waals surface area contributed by atoms with Gasteiger partial charge in [0.2, 0.25) is 0 Å². The van der Waals surface area contributed by atoms with E-state index in [0.717, 1.165) is 0 Å². The van der Waals surface area contributed by atoms with Crippen LogP contribution in [0.5, 0.6) is 11.5 Å². The van der Waals surface area contributed by atoms with Crippen LogP contribution in [0.25, 0.3) is 10.9 Å². The van der Waals surface area contributed by atoms with Gasteiger partial charge in [0.05, 0.1) is 26.2 Å². The summed E-state index contributed by atoms with van der Waals surface area (Å²) in [5, 5.41) is 11.2. The van der Waals surface area contributed by atoms with Crippen LogP contribution in [0, 0.1) is 6.92 Å². The highest BCUT2D eigenvalue weighted by Crippen LogP contribution is 2.32. The van der Waals surface area contributed by atoms with Gasteiger partial charge < -0.3 is 24.1 Å². The average molecular weight is 398 g/mol. The number of pyridine rings is 2. The highest BCUT2D eigenvalue weighted by atomic mass is 16.5. The van der Waals surface area contributed by atoms with E-state index in [4.69, 9.17) is 9.47 Å². The van der Waals surface area contributed by atoms with Gasteiger partial charge >= 0.3 is 5.97 Å². The summed E-state index contributed by atoms with van der Waals surface area (Å²) in [5.41, 5.74) is 0.325. The van der Waals surface area contributed by atoms with Crippen molar-refractivity contribution in [2.24, 2.45) is 7.05 Å². The number of hydrogen-bond acceptors (Lipinski definition) is 6. The van der Waals surface area contributed by atoms with Crippen LogP contribution in [0.4, 0.5) is 0 Å². The van der Waals surface area contributed by atoms with Gasteiger partial charge in [0.25, 0.3) is 11.1 Å².